The van der Waals surface area contributed by atoms with Crippen LogP contribution in [0.4, 0.5) is 0 Å². The molecule has 1 aliphatic heterocycles. The van der Waals surface area contributed by atoms with Crippen LogP contribution < -0.4 is 10.9 Å². The van der Waals surface area contributed by atoms with Crippen molar-refractivity contribution in [3.05, 3.63) is 40.3 Å². The number of aromatic amines is 1. The van der Waals surface area contributed by atoms with Crippen molar-refractivity contribution in [1.29, 1.82) is 0 Å². The van der Waals surface area contributed by atoms with E-state index in [-0.39, 0.29) is 23.2 Å². The Labute approximate surface area is 151 Å². The van der Waals surface area contributed by atoms with Crippen molar-refractivity contribution in [2.75, 3.05) is 19.3 Å². The minimum atomic E-state index is -3.24. The van der Waals surface area contributed by atoms with E-state index in [0.717, 1.165) is 19.3 Å². The molecule has 0 spiro atoms. The fourth-order valence-corrected chi connectivity index (χ4v) is 4.64. The molecule has 140 valence electrons. The third-order valence-electron chi connectivity index (χ3n) is 4.67. The molecule has 1 atom stereocenters. The number of hydrogen-bond acceptors (Lipinski definition) is 5. The van der Waals surface area contributed by atoms with Gasteiger partial charge in [0.15, 0.2) is 5.69 Å². The summed E-state index contributed by atoms with van der Waals surface area (Å²) in [7, 11) is -3.24. The van der Waals surface area contributed by atoms with Gasteiger partial charge in [0.2, 0.25) is 10.0 Å². The summed E-state index contributed by atoms with van der Waals surface area (Å²) < 4.78 is 25.3. The molecule has 0 bridgehead atoms. The molecule has 2 heterocycles. The first-order valence-corrected chi connectivity index (χ1v) is 10.4. The average molecular weight is 378 g/mol. The van der Waals surface area contributed by atoms with E-state index in [1.807, 2.05) is 0 Å². The lowest BCUT2D eigenvalue weighted by Gasteiger charge is -2.33. The highest BCUT2D eigenvalue weighted by molar-refractivity contribution is 7.88. The predicted octanol–water partition coefficient (Wildman–Crippen LogP) is 0.857. The van der Waals surface area contributed by atoms with Gasteiger partial charge in [-0.2, -0.15) is 9.40 Å². The first-order valence-electron chi connectivity index (χ1n) is 8.60. The summed E-state index contributed by atoms with van der Waals surface area (Å²) in [4.78, 5) is 24.3. The first kappa shape index (κ1) is 18.5. The van der Waals surface area contributed by atoms with Crippen molar-refractivity contribution in [3.63, 3.8) is 0 Å². The van der Waals surface area contributed by atoms with Crippen LogP contribution in [0.15, 0.2) is 29.1 Å². The molecular formula is C17H22N4O4S. The van der Waals surface area contributed by atoms with E-state index in [4.69, 9.17) is 0 Å². The highest BCUT2D eigenvalue weighted by Crippen LogP contribution is 2.22. The second-order valence-electron chi connectivity index (χ2n) is 6.51. The topological polar surface area (TPSA) is 112 Å². The number of benzene rings is 1. The number of nitrogens with zero attached hydrogens (tertiary/aromatic N) is 2. The van der Waals surface area contributed by atoms with Crippen molar-refractivity contribution in [1.82, 2.24) is 19.8 Å². The molecule has 0 aliphatic carbocycles. The van der Waals surface area contributed by atoms with Crippen LogP contribution in [-0.4, -0.2) is 54.2 Å². The molecule has 26 heavy (non-hydrogen) atoms. The lowest BCUT2D eigenvalue weighted by molar-refractivity contribution is 0.0945. The number of fused-ring (bicyclic) bond motifs is 1. The minimum absolute atomic E-state index is 0.0978. The van der Waals surface area contributed by atoms with Crippen molar-refractivity contribution in [3.8, 4) is 0 Å². The summed E-state index contributed by atoms with van der Waals surface area (Å²) in [5.41, 5.74) is -0.188. The molecule has 1 fully saturated rings. The van der Waals surface area contributed by atoms with E-state index in [1.165, 1.54) is 10.6 Å². The summed E-state index contributed by atoms with van der Waals surface area (Å²) in [6.07, 6.45) is 4.41. The predicted molar refractivity (Wildman–Crippen MR) is 98.5 cm³/mol. The number of carbonyl (C=O) groups excluding carboxylic acids is 1. The molecule has 0 radical (unpaired) electrons. The van der Waals surface area contributed by atoms with Crippen LogP contribution in [0.2, 0.25) is 0 Å². The largest absolute Gasteiger partial charge is 0.351 e. The van der Waals surface area contributed by atoms with Crippen molar-refractivity contribution in [2.24, 2.45) is 0 Å². The number of H-pyrrole nitrogens is 1. The number of piperidine rings is 1. The van der Waals surface area contributed by atoms with Gasteiger partial charge in [-0.1, -0.05) is 24.6 Å². The first-order chi connectivity index (χ1) is 12.4. The third kappa shape index (κ3) is 3.94. The number of nitrogens with one attached hydrogen (secondary N) is 2. The van der Waals surface area contributed by atoms with Crippen molar-refractivity contribution in [2.45, 2.75) is 31.7 Å². The van der Waals surface area contributed by atoms with Gasteiger partial charge in [0.25, 0.3) is 11.5 Å². The normalized spacial score (nSPS) is 18.7. The molecular weight excluding hydrogens is 356 g/mol. The fraction of sp³-hybridized carbons (Fsp3) is 0.471. The van der Waals surface area contributed by atoms with Crippen LogP contribution >= 0.6 is 0 Å². The highest BCUT2D eigenvalue weighted by atomic mass is 32.2. The minimum Gasteiger partial charge on any atom is -0.351 e. The molecule has 1 unspecified atom stereocenters. The van der Waals surface area contributed by atoms with E-state index in [2.05, 4.69) is 15.5 Å². The Morgan fingerprint density at radius 3 is 2.77 bits per heavy atom. The second kappa shape index (κ2) is 7.55. The summed E-state index contributed by atoms with van der Waals surface area (Å²) in [6, 6.07) is 6.69. The Morgan fingerprint density at radius 1 is 1.31 bits per heavy atom. The molecule has 2 N–H and O–H groups in total. The number of hydrogen-bond donors (Lipinski definition) is 2. The zero-order chi connectivity index (χ0) is 18.7. The molecule has 1 amide bonds. The van der Waals surface area contributed by atoms with Gasteiger partial charge in [-0.3, -0.25) is 9.59 Å². The molecule has 0 saturated carbocycles. The van der Waals surface area contributed by atoms with Crippen LogP contribution in [0.3, 0.4) is 0 Å². The Bertz CT molecular complexity index is 970. The van der Waals surface area contributed by atoms with E-state index < -0.39 is 10.0 Å². The lowest BCUT2D eigenvalue weighted by Crippen LogP contribution is -2.44. The van der Waals surface area contributed by atoms with Crippen LogP contribution in [0, 0.1) is 0 Å². The van der Waals surface area contributed by atoms with Gasteiger partial charge in [-0.15, -0.1) is 0 Å². The van der Waals surface area contributed by atoms with E-state index in [1.54, 1.807) is 24.3 Å². The SMILES string of the molecule is CS(=O)(=O)N1CCCCC1CCNC(=O)c1n[nH]c(=O)c2ccccc12. The van der Waals surface area contributed by atoms with E-state index >= 15 is 0 Å². The van der Waals surface area contributed by atoms with Gasteiger partial charge < -0.3 is 5.32 Å². The second-order valence-corrected chi connectivity index (χ2v) is 8.45. The summed E-state index contributed by atoms with van der Waals surface area (Å²) in [5, 5.41) is 9.89. The number of amides is 1. The molecule has 1 aliphatic rings. The maximum Gasteiger partial charge on any atom is 0.272 e. The van der Waals surface area contributed by atoms with Crippen LogP contribution in [-0.2, 0) is 10.0 Å². The Kier molecular flexibility index (Phi) is 5.38. The number of rotatable bonds is 5. The molecule has 3 rings (SSSR count). The summed E-state index contributed by atoms with van der Waals surface area (Å²) in [5.74, 6) is -0.390. The van der Waals surface area contributed by atoms with Crippen LogP contribution in [0.5, 0.6) is 0 Å². The van der Waals surface area contributed by atoms with Gasteiger partial charge in [-0.05, 0) is 25.3 Å². The standard InChI is InChI=1S/C17H22N4O4S/c1-26(24,25)21-11-5-4-6-12(21)9-10-18-17(23)15-13-7-2-3-8-14(13)16(22)20-19-15/h2-3,7-8,12H,4-6,9-11H2,1H3,(H,18,23)(H,20,22). The van der Waals surface area contributed by atoms with E-state index in [9.17, 15) is 18.0 Å². The quantitative estimate of drug-likeness (QED) is 0.801. The summed E-state index contributed by atoms with van der Waals surface area (Å²) in [6.45, 7) is 0.869. The Hall–Kier alpha value is -2.26. The van der Waals surface area contributed by atoms with Crippen LogP contribution in [0.1, 0.15) is 36.2 Å². The van der Waals surface area contributed by atoms with Gasteiger partial charge in [0.05, 0.1) is 11.6 Å². The number of aromatic nitrogens is 2. The van der Waals surface area contributed by atoms with Gasteiger partial charge in [0, 0.05) is 24.5 Å². The molecule has 9 heteroatoms. The highest BCUT2D eigenvalue weighted by Gasteiger charge is 2.29. The van der Waals surface area contributed by atoms with Gasteiger partial charge in [0.1, 0.15) is 0 Å². The Balaban J connectivity index is 1.68. The Morgan fingerprint density at radius 2 is 2.04 bits per heavy atom. The van der Waals surface area contributed by atoms with E-state index in [0.29, 0.717) is 30.3 Å². The molecule has 8 nitrogen and oxygen atoms in total. The van der Waals surface area contributed by atoms with Crippen LogP contribution in [0.25, 0.3) is 10.8 Å². The maximum atomic E-state index is 12.5. The number of carbonyl (C=O) groups is 1. The lowest BCUT2D eigenvalue weighted by atomic mass is 10.0. The zero-order valence-corrected chi connectivity index (χ0v) is 15.4. The smallest absolute Gasteiger partial charge is 0.272 e. The molecule has 1 aromatic heterocycles. The fourth-order valence-electron chi connectivity index (χ4n) is 3.42. The summed E-state index contributed by atoms with van der Waals surface area (Å²) >= 11 is 0. The van der Waals surface area contributed by atoms with Crippen molar-refractivity contribution >= 4 is 26.7 Å². The third-order valence-corrected chi connectivity index (χ3v) is 6.01. The average Bonchev–Trinajstić information content (AvgIpc) is 2.62. The zero-order valence-electron chi connectivity index (χ0n) is 14.6. The van der Waals surface area contributed by atoms with Gasteiger partial charge >= 0.3 is 0 Å². The van der Waals surface area contributed by atoms with Gasteiger partial charge in [-0.25, -0.2) is 13.5 Å². The molecule has 1 aromatic carbocycles. The molecule has 2 aromatic rings. The molecule has 1 saturated heterocycles. The van der Waals surface area contributed by atoms with Crippen molar-refractivity contribution < 1.29 is 13.2 Å². The number of sulfonamides is 1. The maximum absolute atomic E-state index is 12.5. The monoisotopic (exact) mass is 378 g/mol.